The lowest BCUT2D eigenvalue weighted by molar-refractivity contribution is 0.210. The van der Waals surface area contributed by atoms with Crippen molar-refractivity contribution in [2.45, 2.75) is 13.8 Å². The van der Waals surface area contributed by atoms with Crippen LogP contribution in [0.2, 0.25) is 0 Å². The number of anilines is 1. The van der Waals surface area contributed by atoms with E-state index in [0.717, 1.165) is 12.4 Å². The van der Waals surface area contributed by atoms with Crippen molar-refractivity contribution in [1.29, 1.82) is 0 Å². The summed E-state index contributed by atoms with van der Waals surface area (Å²) >= 11 is 0. The maximum atomic E-state index is 5.31. The number of ether oxygens (including phenoxy) is 2. The molecule has 0 amide bonds. The van der Waals surface area contributed by atoms with Gasteiger partial charge in [-0.3, -0.25) is 0 Å². The average Bonchev–Trinajstić information content (AvgIpc) is 2.18. The van der Waals surface area contributed by atoms with Crippen molar-refractivity contribution in [3.05, 3.63) is 11.9 Å². The Kier molecular flexibility index (Phi) is 4.83. The van der Waals surface area contributed by atoms with Gasteiger partial charge in [0.2, 0.25) is 5.88 Å². The molecule has 1 rings (SSSR count). The van der Waals surface area contributed by atoms with E-state index in [1.807, 2.05) is 13.8 Å². The minimum absolute atomic E-state index is 0.602. The fraction of sp³-hybridized carbons (Fsp3) is 0.600. The minimum atomic E-state index is 0.602. The zero-order valence-corrected chi connectivity index (χ0v) is 9.41. The van der Waals surface area contributed by atoms with Gasteiger partial charge in [0.05, 0.1) is 13.2 Å². The number of nitrogens with one attached hydrogen (secondary N) is 1. The SMILES string of the molecule is CCOc1cc(NCCOC)nc(C)n1. The fourth-order valence-corrected chi connectivity index (χ4v) is 1.13. The highest BCUT2D eigenvalue weighted by atomic mass is 16.5. The molecule has 0 spiro atoms. The van der Waals surface area contributed by atoms with Gasteiger partial charge in [0.15, 0.2) is 0 Å². The molecule has 0 saturated carbocycles. The van der Waals surface area contributed by atoms with Gasteiger partial charge in [-0.1, -0.05) is 0 Å². The lowest BCUT2D eigenvalue weighted by atomic mass is 10.5. The van der Waals surface area contributed by atoms with Crippen LogP contribution >= 0.6 is 0 Å². The summed E-state index contributed by atoms with van der Waals surface area (Å²) in [4.78, 5) is 8.38. The van der Waals surface area contributed by atoms with Gasteiger partial charge >= 0.3 is 0 Å². The van der Waals surface area contributed by atoms with Gasteiger partial charge in [-0.25, -0.2) is 4.98 Å². The summed E-state index contributed by atoms with van der Waals surface area (Å²) in [5.41, 5.74) is 0. The summed E-state index contributed by atoms with van der Waals surface area (Å²) in [6.07, 6.45) is 0. The molecule has 0 atom stereocenters. The summed E-state index contributed by atoms with van der Waals surface area (Å²) in [5.74, 6) is 2.06. The maximum Gasteiger partial charge on any atom is 0.218 e. The summed E-state index contributed by atoms with van der Waals surface area (Å²) in [6, 6.07) is 1.78. The van der Waals surface area contributed by atoms with Crippen LogP contribution in [0.5, 0.6) is 5.88 Å². The number of aromatic nitrogens is 2. The van der Waals surface area contributed by atoms with E-state index in [2.05, 4.69) is 15.3 Å². The van der Waals surface area contributed by atoms with E-state index >= 15 is 0 Å². The van der Waals surface area contributed by atoms with E-state index in [4.69, 9.17) is 9.47 Å². The molecule has 0 aliphatic carbocycles. The third-order valence-electron chi connectivity index (χ3n) is 1.72. The van der Waals surface area contributed by atoms with E-state index in [0.29, 0.717) is 24.9 Å². The second-order valence-electron chi connectivity index (χ2n) is 2.99. The molecule has 5 nitrogen and oxygen atoms in total. The number of rotatable bonds is 6. The van der Waals surface area contributed by atoms with E-state index < -0.39 is 0 Å². The Morgan fingerprint density at radius 2 is 2.20 bits per heavy atom. The zero-order chi connectivity index (χ0) is 11.1. The molecule has 0 aliphatic heterocycles. The monoisotopic (exact) mass is 211 g/mol. The van der Waals surface area contributed by atoms with Crippen LogP contribution < -0.4 is 10.1 Å². The van der Waals surface area contributed by atoms with Gasteiger partial charge in [0.25, 0.3) is 0 Å². The molecule has 0 radical (unpaired) electrons. The van der Waals surface area contributed by atoms with E-state index in [9.17, 15) is 0 Å². The van der Waals surface area contributed by atoms with Gasteiger partial charge in [0, 0.05) is 19.7 Å². The third-order valence-corrected chi connectivity index (χ3v) is 1.72. The second kappa shape index (κ2) is 6.19. The van der Waals surface area contributed by atoms with Crippen molar-refractivity contribution in [2.75, 3.05) is 32.2 Å². The maximum absolute atomic E-state index is 5.31. The van der Waals surface area contributed by atoms with Crippen molar-refractivity contribution < 1.29 is 9.47 Å². The summed E-state index contributed by atoms with van der Waals surface area (Å²) in [5, 5.41) is 3.13. The van der Waals surface area contributed by atoms with Gasteiger partial charge in [-0.15, -0.1) is 0 Å². The smallest absolute Gasteiger partial charge is 0.218 e. The van der Waals surface area contributed by atoms with Crippen LogP contribution in [0.1, 0.15) is 12.7 Å². The highest BCUT2D eigenvalue weighted by Gasteiger charge is 2.01. The lowest BCUT2D eigenvalue weighted by Gasteiger charge is -2.08. The van der Waals surface area contributed by atoms with Crippen LogP contribution in [-0.2, 0) is 4.74 Å². The van der Waals surface area contributed by atoms with Crippen molar-refractivity contribution >= 4 is 5.82 Å². The molecule has 1 aromatic heterocycles. The highest BCUT2D eigenvalue weighted by molar-refractivity contribution is 5.38. The van der Waals surface area contributed by atoms with Crippen molar-refractivity contribution in [2.24, 2.45) is 0 Å². The Bertz CT molecular complexity index is 305. The van der Waals surface area contributed by atoms with Gasteiger partial charge in [0.1, 0.15) is 11.6 Å². The topological polar surface area (TPSA) is 56.3 Å². The van der Waals surface area contributed by atoms with Crippen LogP contribution in [0.25, 0.3) is 0 Å². The van der Waals surface area contributed by atoms with E-state index in [-0.39, 0.29) is 0 Å². The van der Waals surface area contributed by atoms with Crippen LogP contribution in [0, 0.1) is 6.92 Å². The highest BCUT2D eigenvalue weighted by Crippen LogP contribution is 2.12. The van der Waals surface area contributed by atoms with E-state index in [1.54, 1.807) is 13.2 Å². The van der Waals surface area contributed by atoms with Crippen molar-refractivity contribution in [3.63, 3.8) is 0 Å². The molecule has 0 aliphatic rings. The molecular formula is C10H17N3O2. The number of nitrogens with zero attached hydrogens (tertiary/aromatic N) is 2. The normalized spacial score (nSPS) is 10.1. The first-order valence-electron chi connectivity index (χ1n) is 4.97. The zero-order valence-electron chi connectivity index (χ0n) is 9.41. The van der Waals surface area contributed by atoms with E-state index in [1.165, 1.54) is 0 Å². The number of aryl methyl sites for hydroxylation is 1. The minimum Gasteiger partial charge on any atom is -0.478 e. The molecular weight excluding hydrogens is 194 g/mol. The Morgan fingerprint density at radius 3 is 2.87 bits per heavy atom. The second-order valence-corrected chi connectivity index (χ2v) is 2.99. The van der Waals surface area contributed by atoms with Crippen LogP contribution in [-0.4, -0.2) is 36.8 Å². The average molecular weight is 211 g/mol. The molecule has 0 fully saturated rings. The fourth-order valence-electron chi connectivity index (χ4n) is 1.13. The van der Waals surface area contributed by atoms with Gasteiger partial charge in [-0.05, 0) is 13.8 Å². The summed E-state index contributed by atoms with van der Waals surface area (Å²) in [7, 11) is 1.67. The molecule has 0 unspecified atom stereocenters. The molecule has 0 bridgehead atoms. The Morgan fingerprint density at radius 1 is 1.40 bits per heavy atom. The molecule has 0 saturated heterocycles. The Labute approximate surface area is 89.8 Å². The molecule has 5 heteroatoms. The van der Waals surface area contributed by atoms with Crippen LogP contribution in [0.3, 0.4) is 0 Å². The van der Waals surface area contributed by atoms with Crippen LogP contribution in [0.4, 0.5) is 5.82 Å². The molecule has 1 aromatic rings. The van der Waals surface area contributed by atoms with Gasteiger partial charge in [-0.2, -0.15) is 4.98 Å². The Hall–Kier alpha value is -1.36. The molecule has 84 valence electrons. The molecule has 0 aromatic carbocycles. The van der Waals surface area contributed by atoms with Gasteiger partial charge < -0.3 is 14.8 Å². The molecule has 1 N–H and O–H groups in total. The molecule has 15 heavy (non-hydrogen) atoms. The Balaban J connectivity index is 2.62. The first-order valence-corrected chi connectivity index (χ1v) is 4.97. The number of hydrogen-bond donors (Lipinski definition) is 1. The number of hydrogen-bond acceptors (Lipinski definition) is 5. The summed E-state index contributed by atoms with van der Waals surface area (Å²) in [6.45, 7) is 5.74. The predicted molar refractivity (Wildman–Crippen MR) is 58.3 cm³/mol. The molecule has 1 heterocycles. The standard InChI is InChI=1S/C10H17N3O2/c1-4-15-10-7-9(11-5-6-14-3)12-8(2)13-10/h7H,4-6H2,1-3H3,(H,11,12,13). The van der Waals surface area contributed by atoms with Crippen molar-refractivity contribution in [3.8, 4) is 5.88 Å². The largest absolute Gasteiger partial charge is 0.478 e. The first kappa shape index (κ1) is 11.7. The quantitative estimate of drug-likeness (QED) is 0.717. The summed E-state index contributed by atoms with van der Waals surface area (Å²) < 4.78 is 10.2. The van der Waals surface area contributed by atoms with Crippen molar-refractivity contribution in [1.82, 2.24) is 9.97 Å². The number of methoxy groups -OCH3 is 1. The lowest BCUT2D eigenvalue weighted by Crippen LogP contribution is -2.10. The third kappa shape index (κ3) is 4.12. The van der Waals surface area contributed by atoms with Crippen LogP contribution in [0.15, 0.2) is 6.07 Å². The predicted octanol–water partition coefficient (Wildman–Crippen LogP) is 1.24. The first-order chi connectivity index (χ1) is 7.26.